The van der Waals surface area contributed by atoms with Crippen molar-refractivity contribution in [1.82, 2.24) is 10.2 Å². The van der Waals surface area contributed by atoms with Crippen molar-refractivity contribution < 1.29 is 14.3 Å². The van der Waals surface area contributed by atoms with Crippen molar-refractivity contribution in [2.75, 3.05) is 7.05 Å². The van der Waals surface area contributed by atoms with Gasteiger partial charge < -0.3 is 15.0 Å². The van der Waals surface area contributed by atoms with Crippen molar-refractivity contribution in [2.24, 2.45) is 5.92 Å². The van der Waals surface area contributed by atoms with E-state index in [2.05, 4.69) is 12.2 Å². The maximum Gasteiger partial charge on any atom is 0.338 e. The highest BCUT2D eigenvalue weighted by Crippen LogP contribution is 2.35. The average Bonchev–Trinajstić information content (AvgIpc) is 2.99. The summed E-state index contributed by atoms with van der Waals surface area (Å²) in [6.45, 7) is 3.84. The van der Waals surface area contributed by atoms with Gasteiger partial charge in [0.25, 0.3) is 0 Å². The van der Waals surface area contributed by atoms with Crippen LogP contribution in [-0.2, 0) is 9.53 Å². The monoisotopic (exact) mass is 396 g/mol. The Labute approximate surface area is 163 Å². The zero-order valence-corrected chi connectivity index (χ0v) is 16.5. The van der Waals surface area contributed by atoms with Gasteiger partial charge in [0, 0.05) is 12.7 Å². The first kappa shape index (κ1) is 19.1. The summed E-state index contributed by atoms with van der Waals surface area (Å²) in [6, 6.07) is 4.16. The molecule has 3 rings (SSSR count). The van der Waals surface area contributed by atoms with Gasteiger partial charge in [0.05, 0.1) is 21.7 Å². The number of halogens is 2. The van der Waals surface area contributed by atoms with Gasteiger partial charge in [-0.2, -0.15) is 0 Å². The van der Waals surface area contributed by atoms with Crippen LogP contribution in [-0.4, -0.2) is 30.1 Å². The van der Waals surface area contributed by atoms with Gasteiger partial charge in [-0.1, -0.05) is 36.2 Å². The minimum atomic E-state index is -0.627. The Balaban J connectivity index is 1.96. The van der Waals surface area contributed by atoms with Gasteiger partial charge >= 0.3 is 12.0 Å². The van der Waals surface area contributed by atoms with Crippen molar-refractivity contribution >= 4 is 35.2 Å². The van der Waals surface area contributed by atoms with Crippen LogP contribution < -0.4 is 5.32 Å². The smallest absolute Gasteiger partial charge is 0.338 e. The molecule has 2 aliphatic rings. The minimum Gasteiger partial charge on any atom is -0.459 e. The number of urea groups is 1. The summed E-state index contributed by atoms with van der Waals surface area (Å²) in [6.07, 6.45) is 2.91. The van der Waals surface area contributed by atoms with Crippen molar-refractivity contribution in [3.63, 3.8) is 0 Å². The molecule has 1 saturated carbocycles. The predicted molar refractivity (Wildman–Crippen MR) is 101 cm³/mol. The number of carbonyl (C=O) groups excluding carboxylic acids is 2. The molecule has 1 heterocycles. The zero-order valence-electron chi connectivity index (χ0n) is 15.0. The first-order valence-corrected chi connectivity index (χ1v) is 9.46. The maximum atomic E-state index is 13.0. The molecule has 140 valence electrons. The standard InChI is InChI=1S/C19H22Cl2N2O3/c1-10-5-4-6-15(10)26-18(24)16-11(2)23(3)19(25)22-17(16)12-7-8-13(20)14(21)9-12/h7-10,15,17H,4-6H2,1-3H3,(H,22,25). The molecule has 0 aromatic heterocycles. The van der Waals surface area contributed by atoms with Gasteiger partial charge in [0.1, 0.15) is 6.10 Å². The topological polar surface area (TPSA) is 58.6 Å². The predicted octanol–water partition coefficient (Wildman–Crippen LogP) is 4.70. The first-order chi connectivity index (χ1) is 12.3. The van der Waals surface area contributed by atoms with E-state index in [1.165, 1.54) is 4.90 Å². The van der Waals surface area contributed by atoms with Gasteiger partial charge in [0.15, 0.2) is 0 Å². The molecule has 0 saturated heterocycles. The number of nitrogens with one attached hydrogen (secondary N) is 1. The zero-order chi connectivity index (χ0) is 19.0. The normalized spacial score (nSPS) is 26.1. The Hall–Kier alpha value is -1.72. The largest absolute Gasteiger partial charge is 0.459 e. The molecule has 0 spiro atoms. The number of rotatable bonds is 3. The fourth-order valence-corrected chi connectivity index (χ4v) is 3.84. The Bertz CT molecular complexity index is 778. The van der Waals surface area contributed by atoms with Crippen LogP contribution >= 0.6 is 23.2 Å². The SMILES string of the molecule is CC1=C(C(=O)OC2CCCC2C)C(c2ccc(Cl)c(Cl)c2)NC(=O)N1C. The van der Waals surface area contributed by atoms with Gasteiger partial charge in [-0.25, -0.2) is 9.59 Å². The molecule has 5 nitrogen and oxygen atoms in total. The molecule has 1 aliphatic heterocycles. The summed E-state index contributed by atoms with van der Waals surface area (Å²) in [7, 11) is 1.63. The lowest BCUT2D eigenvalue weighted by Crippen LogP contribution is -2.46. The average molecular weight is 397 g/mol. The van der Waals surface area contributed by atoms with E-state index in [0.29, 0.717) is 32.8 Å². The first-order valence-electron chi connectivity index (χ1n) is 8.70. The van der Waals surface area contributed by atoms with Crippen LogP contribution in [0.3, 0.4) is 0 Å². The van der Waals surface area contributed by atoms with Crippen LogP contribution in [0.25, 0.3) is 0 Å². The highest BCUT2D eigenvalue weighted by Gasteiger charge is 2.37. The van der Waals surface area contributed by atoms with Crippen molar-refractivity contribution in [3.8, 4) is 0 Å². The third kappa shape index (κ3) is 3.55. The third-order valence-electron chi connectivity index (χ3n) is 5.29. The molecule has 1 N–H and O–H groups in total. The molecular formula is C19H22Cl2N2O3. The van der Waals surface area contributed by atoms with E-state index >= 15 is 0 Å². The summed E-state index contributed by atoms with van der Waals surface area (Å²) in [5, 5.41) is 3.64. The van der Waals surface area contributed by atoms with Crippen molar-refractivity contribution in [1.29, 1.82) is 0 Å². The number of hydrogen-bond donors (Lipinski definition) is 1. The van der Waals surface area contributed by atoms with E-state index in [-0.39, 0.29) is 12.1 Å². The third-order valence-corrected chi connectivity index (χ3v) is 6.03. The van der Waals surface area contributed by atoms with Crippen molar-refractivity contribution in [3.05, 3.63) is 45.1 Å². The molecule has 2 amide bonds. The van der Waals surface area contributed by atoms with E-state index in [4.69, 9.17) is 27.9 Å². The molecule has 3 atom stereocenters. The Morgan fingerprint density at radius 2 is 2.00 bits per heavy atom. The fourth-order valence-electron chi connectivity index (χ4n) is 3.53. The summed E-state index contributed by atoms with van der Waals surface area (Å²) in [4.78, 5) is 26.7. The number of carbonyl (C=O) groups is 2. The minimum absolute atomic E-state index is 0.0832. The molecule has 7 heteroatoms. The molecular weight excluding hydrogens is 375 g/mol. The molecule has 1 fully saturated rings. The Kier molecular flexibility index (Phi) is 5.49. The van der Waals surface area contributed by atoms with E-state index in [1.807, 2.05) is 0 Å². The lowest BCUT2D eigenvalue weighted by atomic mass is 9.95. The maximum absolute atomic E-state index is 13.0. The second kappa shape index (κ2) is 7.49. The van der Waals surface area contributed by atoms with Crippen LogP contribution in [0.15, 0.2) is 29.5 Å². The van der Waals surface area contributed by atoms with E-state index < -0.39 is 12.0 Å². The van der Waals surface area contributed by atoms with Gasteiger partial charge in [-0.05, 0) is 49.8 Å². The molecule has 3 unspecified atom stereocenters. The highest BCUT2D eigenvalue weighted by atomic mass is 35.5. The van der Waals surface area contributed by atoms with Crippen LogP contribution in [0.5, 0.6) is 0 Å². The van der Waals surface area contributed by atoms with Crippen LogP contribution in [0.2, 0.25) is 10.0 Å². The number of ether oxygens (including phenoxy) is 1. The quantitative estimate of drug-likeness (QED) is 0.753. The molecule has 26 heavy (non-hydrogen) atoms. The Morgan fingerprint density at radius 1 is 1.27 bits per heavy atom. The van der Waals surface area contributed by atoms with Crippen LogP contribution in [0.4, 0.5) is 4.79 Å². The molecule has 0 radical (unpaired) electrons. The van der Waals surface area contributed by atoms with Gasteiger partial charge in [0.2, 0.25) is 0 Å². The molecule has 0 bridgehead atoms. The summed E-state index contributed by atoms with van der Waals surface area (Å²) in [5.41, 5.74) is 1.68. The molecule has 1 aromatic carbocycles. The second-order valence-electron chi connectivity index (χ2n) is 6.97. The summed E-state index contributed by atoms with van der Waals surface area (Å²) in [5.74, 6) is -0.0524. The number of amides is 2. The molecule has 1 aliphatic carbocycles. The van der Waals surface area contributed by atoms with E-state index in [0.717, 1.165) is 19.3 Å². The second-order valence-corrected chi connectivity index (χ2v) is 7.78. The molecule has 1 aromatic rings. The lowest BCUT2D eigenvalue weighted by molar-refractivity contribution is -0.146. The number of benzene rings is 1. The van der Waals surface area contributed by atoms with E-state index in [9.17, 15) is 9.59 Å². The van der Waals surface area contributed by atoms with Crippen LogP contribution in [0.1, 0.15) is 44.7 Å². The number of esters is 1. The highest BCUT2D eigenvalue weighted by molar-refractivity contribution is 6.42. The Morgan fingerprint density at radius 3 is 2.62 bits per heavy atom. The van der Waals surface area contributed by atoms with Gasteiger partial charge in [-0.15, -0.1) is 0 Å². The van der Waals surface area contributed by atoms with Gasteiger partial charge in [-0.3, -0.25) is 0 Å². The number of allylic oxidation sites excluding steroid dienone is 1. The van der Waals surface area contributed by atoms with Crippen molar-refractivity contribution in [2.45, 2.75) is 45.3 Å². The number of hydrogen-bond acceptors (Lipinski definition) is 3. The summed E-state index contributed by atoms with van der Waals surface area (Å²) >= 11 is 12.1. The summed E-state index contributed by atoms with van der Waals surface area (Å²) < 4.78 is 5.79. The van der Waals surface area contributed by atoms with E-state index in [1.54, 1.807) is 32.2 Å². The lowest BCUT2D eigenvalue weighted by Gasteiger charge is -2.34. The fraction of sp³-hybridized carbons (Fsp3) is 0.474. The van der Waals surface area contributed by atoms with Crippen LogP contribution in [0, 0.1) is 5.92 Å². The number of nitrogens with zero attached hydrogens (tertiary/aromatic N) is 1.